The van der Waals surface area contributed by atoms with Crippen molar-refractivity contribution in [2.75, 3.05) is 6.61 Å². The monoisotopic (exact) mass is 562 g/mol. The van der Waals surface area contributed by atoms with Crippen molar-refractivity contribution in [1.29, 1.82) is 0 Å². The highest BCUT2D eigenvalue weighted by Gasteiger charge is 2.28. The predicted octanol–water partition coefficient (Wildman–Crippen LogP) is 4.29. The van der Waals surface area contributed by atoms with Crippen LogP contribution in [0.1, 0.15) is 41.6 Å². The smallest absolute Gasteiger partial charge is 0.278 e. The Morgan fingerprint density at radius 3 is 2.79 bits per heavy atom. The van der Waals surface area contributed by atoms with Crippen LogP contribution in [0.25, 0.3) is 17.1 Å². The molecule has 4 aromatic rings. The molecule has 4 aromatic heterocycles. The quantitative estimate of drug-likeness (QED) is 0.383. The van der Waals surface area contributed by atoms with Gasteiger partial charge in [0, 0.05) is 24.0 Å². The first kappa shape index (κ1) is 22.9. The van der Waals surface area contributed by atoms with Crippen LogP contribution < -0.4 is 15.0 Å². The Labute approximate surface area is 229 Å². The maximum atomic E-state index is 16.3. The third-order valence-electron chi connectivity index (χ3n) is 5.66. The fourth-order valence-corrected chi connectivity index (χ4v) is 4.00. The van der Waals surface area contributed by atoms with Gasteiger partial charge in [-0.3, -0.25) is 14.3 Å². The fraction of sp³-hybridized carbons (Fsp3) is 0.269. The Balaban J connectivity index is 1.67. The molecule has 39 heavy (non-hydrogen) atoms. The second kappa shape index (κ2) is 10.3. The minimum atomic E-state index is -2.98. The largest absolute Gasteiger partial charge is 0.490 e. The van der Waals surface area contributed by atoms with Crippen LogP contribution in [0, 0.1) is 17.5 Å². The summed E-state index contributed by atoms with van der Waals surface area (Å²) in [6.07, 6.45) is 1.93. The van der Waals surface area contributed by atoms with E-state index in [2.05, 4.69) is 19.9 Å². The van der Waals surface area contributed by atoms with Crippen molar-refractivity contribution >= 4 is 11.6 Å². The van der Waals surface area contributed by atoms with E-state index in [1.807, 2.05) is 0 Å². The van der Waals surface area contributed by atoms with E-state index in [-0.39, 0.29) is 53.5 Å². The molecule has 13 heteroatoms. The standard InChI is InChI=1S/C26H21ClF3N5O4/c1-26(2,37)25-31-6-5-16(34-25)22-21(30)23-19(11-33-22)38-7-3-4-14-9-18(20(27)24(36)35(14)23)39-12-17-15(29)8-13(28)10-32-17/h5-6,8-11,37H,3-4,7,12H2,1-2H3/i6D,12D2. The lowest BCUT2D eigenvalue weighted by Crippen LogP contribution is -2.27. The molecule has 0 amide bonds. The molecule has 9 nitrogen and oxygen atoms in total. The summed E-state index contributed by atoms with van der Waals surface area (Å²) in [4.78, 5) is 29.1. The molecular weight excluding hydrogens is 539 g/mol. The molecule has 0 aliphatic carbocycles. The normalized spacial score (nSPS) is 14.6. The van der Waals surface area contributed by atoms with Crippen LogP contribution in [0.2, 0.25) is 5.02 Å². The lowest BCUT2D eigenvalue weighted by Gasteiger charge is -2.23. The summed E-state index contributed by atoms with van der Waals surface area (Å²) in [5.74, 6) is -4.16. The highest BCUT2D eigenvalue weighted by Crippen LogP contribution is 2.35. The molecule has 0 bridgehead atoms. The third kappa shape index (κ3) is 5.17. The van der Waals surface area contributed by atoms with Gasteiger partial charge in [0.1, 0.15) is 45.8 Å². The first-order valence-corrected chi connectivity index (χ1v) is 11.9. The minimum absolute atomic E-state index is 0.0965. The van der Waals surface area contributed by atoms with Gasteiger partial charge < -0.3 is 14.6 Å². The lowest BCUT2D eigenvalue weighted by atomic mass is 10.1. The molecule has 0 aromatic carbocycles. The van der Waals surface area contributed by atoms with Gasteiger partial charge in [-0.05, 0) is 32.8 Å². The van der Waals surface area contributed by atoms with Crippen molar-refractivity contribution < 1.29 is 31.9 Å². The van der Waals surface area contributed by atoms with Gasteiger partial charge in [-0.1, -0.05) is 11.6 Å². The van der Waals surface area contributed by atoms with Crippen molar-refractivity contribution in [2.45, 2.75) is 38.8 Å². The molecule has 0 unspecified atom stereocenters. The van der Waals surface area contributed by atoms with Crippen LogP contribution >= 0.6 is 11.6 Å². The van der Waals surface area contributed by atoms with Crippen molar-refractivity contribution in [3.05, 3.63) is 86.8 Å². The average Bonchev–Trinajstić information content (AvgIpc) is 2.88. The van der Waals surface area contributed by atoms with Crippen molar-refractivity contribution in [3.8, 4) is 28.6 Å². The highest BCUT2D eigenvalue weighted by molar-refractivity contribution is 6.31. The Morgan fingerprint density at radius 2 is 2.05 bits per heavy atom. The second-order valence-electron chi connectivity index (χ2n) is 8.99. The molecule has 1 aliphatic heterocycles. The van der Waals surface area contributed by atoms with Gasteiger partial charge >= 0.3 is 0 Å². The number of pyridine rings is 3. The van der Waals surface area contributed by atoms with E-state index in [9.17, 15) is 18.7 Å². The van der Waals surface area contributed by atoms with Gasteiger partial charge in [0.05, 0.1) is 28.8 Å². The molecule has 0 saturated heterocycles. The topological polar surface area (TPSA) is 112 Å². The highest BCUT2D eigenvalue weighted by atomic mass is 35.5. The molecule has 0 saturated carbocycles. The van der Waals surface area contributed by atoms with Gasteiger partial charge in [0.15, 0.2) is 23.2 Å². The number of fused-ring (bicyclic) bond motifs is 3. The summed E-state index contributed by atoms with van der Waals surface area (Å²) < 4.78 is 80.1. The summed E-state index contributed by atoms with van der Waals surface area (Å²) in [7, 11) is 0. The minimum Gasteiger partial charge on any atom is -0.490 e. The maximum absolute atomic E-state index is 16.3. The van der Waals surface area contributed by atoms with Crippen LogP contribution in [-0.2, 0) is 18.6 Å². The Kier molecular flexibility index (Phi) is 6.03. The molecule has 5 heterocycles. The SMILES string of the molecule is [2H]c1cc(-c2ncc3c(c2F)-n2c(cc(OC([2H])([2H])c4ncc(F)cc4F)c(Cl)c2=O)CCCO3)nc(C(C)(C)O)n1. The number of aromatic nitrogens is 5. The van der Waals surface area contributed by atoms with E-state index >= 15 is 4.39 Å². The van der Waals surface area contributed by atoms with Crippen LogP contribution in [0.3, 0.4) is 0 Å². The summed E-state index contributed by atoms with van der Waals surface area (Å²) in [6.45, 7) is -0.0929. The number of halogens is 4. The van der Waals surface area contributed by atoms with E-state index in [1.54, 1.807) is 0 Å². The molecular formula is C26H21ClF3N5O4. The summed E-state index contributed by atoms with van der Waals surface area (Å²) >= 11 is 6.30. The van der Waals surface area contributed by atoms with Gasteiger partial charge in [-0.2, -0.15) is 0 Å². The van der Waals surface area contributed by atoms with Gasteiger partial charge in [0.2, 0.25) is 0 Å². The van der Waals surface area contributed by atoms with E-state index in [4.69, 9.17) is 25.2 Å². The molecule has 0 radical (unpaired) electrons. The predicted molar refractivity (Wildman–Crippen MR) is 133 cm³/mol. The number of rotatable bonds is 5. The van der Waals surface area contributed by atoms with Crippen LogP contribution in [0.5, 0.6) is 11.5 Å². The Hall–Kier alpha value is -4.03. The Morgan fingerprint density at radius 1 is 1.26 bits per heavy atom. The lowest BCUT2D eigenvalue weighted by molar-refractivity contribution is 0.0688. The zero-order valence-corrected chi connectivity index (χ0v) is 21.2. The van der Waals surface area contributed by atoms with Crippen LogP contribution in [0.15, 0.2) is 41.6 Å². The first-order chi connectivity index (χ1) is 19.7. The van der Waals surface area contributed by atoms with Gasteiger partial charge in [-0.25, -0.2) is 28.1 Å². The number of hydrogen-bond donors (Lipinski definition) is 1. The third-order valence-corrected chi connectivity index (χ3v) is 6.01. The summed E-state index contributed by atoms with van der Waals surface area (Å²) in [5, 5.41) is 9.66. The summed E-state index contributed by atoms with van der Waals surface area (Å²) in [5.41, 5.74) is -4.20. The van der Waals surface area contributed by atoms with E-state index in [0.29, 0.717) is 18.7 Å². The van der Waals surface area contributed by atoms with Gasteiger partial charge in [-0.15, -0.1) is 0 Å². The molecule has 5 rings (SSSR count). The van der Waals surface area contributed by atoms with Gasteiger partial charge in [0.25, 0.3) is 5.56 Å². The number of hydrogen-bond acceptors (Lipinski definition) is 8. The van der Waals surface area contributed by atoms with E-state index in [1.165, 1.54) is 26.1 Å². The zero-order chi connectivity index (χ0) is 30.6. The maximum Gasteiger partial charge on any atom is 0.278 e. The van der Waals surface area contributed by atoms with Crippen molar-refractivity contribution in [3.63, 3.8) is 0 Å². The molecule has 1 N–H and O–H groups in total. The second-order valence-corrected chi connectivity index (χ2v) is 9.37. The average molecular weight is 563 g/mol. The first-order valence-electron chi connectivity index (χ1n) is 13.0. The Bertz CT molecular complexity index is 1790. The number of aliphatic hydroxyl groups is 1. The van der Waals surface area contributed by atoms with E-state index in [0.717, 1.165) is 10.6 Å². The number of ether oxygens (including phenoxy) is 2. The molecule has 1 aliphatic rings. The van der Waals surface area contributed by atoms with Crippen molar-refractivity contribution in [2.24, 2.45) is 0 Å². The van der Waals surface area contributed by atoms with E-state index < -0.39 is 51.6 Å². The fourth-order valence-electron chi connectivity index (χ4n) is 3.82. The molecule has 0 fully saturated rings. The van der Waals surface area contributed by atoms with Crippen LogP contribution in [0.4, 0.5) is 13.2 Å². The van der Waals surface area contributed by atoms with Crippen molar-refractivity contribution in [1.82, 2.24) is 24.5 Å². The number of nitrogens with zero attached hydrogens (tertiary/aromatic N) is 5. The summed E-state index contributed by atoms with van der Waals surface area (Å²) in [6, 6.07) is 2.77. The molecule has 202 valence electrons. The molecule has 0 spiro atoms. The number of aryl methyl sites for hydroxylation is 1. The zero-order valence-electron chi connectivity index (χ0n) is 23.4. The van der Waals surface area contributed by atoms with Crippen LogP contribution in [-0.4, -0.2) is 36.2 Å². The molecule has 0 atom stereocenters.